The second-order valence-electron chi connectivity index (χ2n) is 4.45. The number of aliphatic hydroxyl groups is 1. The highest BCUT2D eigenvalue weighted by Crippen LogP contribution is 2.15. The van der Waals surface area contributed by atoms with E-state index in [1.807, 2.05) is 0 Å². The number of rotatable bonds is 4. The van der Waals surface area contributed by atoms with Crippen molar-refractivity contribution in [3.8, 4) is 0 Å². The van der Waals surface area contributed by atoms with Gasteiger partial charge in [-0.05, 0) is 18.8 Å². The van der Waals surface area contributed by atoms with Crippen LogP contribution in [0.2, 0.25) is 0 Å². The smallest absolute Gasteiger partial charge is 0.317 e. The maximum atomic E-state index is 11.8. The third-order valence-corrected chi connectivity index (χ3v) is 2.99. The fourth-order valence-corrected chi connectivity index (χ4v) is 1.82. The molecule has 0 aromatic carbocycles. The van der Waals surface area contributed by atoms with Crippen molar-refractivity contribution in [1.29, 1.82) is 0 Å². The lowest BCUT2D eigenvalue weighted by Gasteiger charge is -2.31. The van der Waals surface area contributed by atoms with E-state index < -0.39 is 0 Å². The number of amides is 2. The molecule has 0 radical (unpaired) electrons. The predicted molar refractivity (Wildman–Crippen MR) is 61.3 cm³/mol. The molecular formula is C11H22N2O3. The molecule has 0 aromatic rings. The van der Waals surface area contributed by atoms with Gasteiger partial charge in [0.1, 0.15) is 0 Å². The van der Waals surface area contributed by atoms with Crippen LogP contribution < -0.4 is 5.32 Å². The van der Waals surface area contributed by atoms with Crippen LogP contribution in [0.3, 0.4) is 0 Å². The summed E-state index contributed by atoms with van der Waals surface area (Å²) in [5.74, 6) is 0.705. The van der Waals surface area contributed by atoms with Crippen molar-refractivity contribution >= 4 is 6.03 Å². The van der Waals surface area contributed by atoms with Crippen molar-refractivity contribution in [3.63, 3.8) is 0 Å². The Morgan fingerprint density at radius 1 is 1.56 bits per heavy atom. The molecule has 1 aliphatic heterocycles. The zero-order valence-electron chi connectivity index (χ0n) is 10.1. The molecule has 1 unspecified atom stereocenters. The Hall–Kier alpha value is -0.810. The van der Waals surface area contributed by atoms with Gasteiger partial charge in [-0.25, -0.2) is 4.79 Å². The largest absolute Gasteiger partial charge is 0.394 e. The zero-order valence-corrected chi connectivity index (χ0v) is 10.1. The summed E-state index contributed by atoms with van der Waals surface area (Å²) in [6, 6.07) is -0.403. The van der Waals surface area contributed by atoms with E-state index in [0.29, 0.717) is 12.5 Å². The molecule has 0 saturated carbocycles. The van der Waals surface area contributed by atoms with E-state index in [2.05, 4.69) is 12.2 Å². The van der Waals surface area contributed by atoms with Crippen LogP contribution in [0.15, 0.2) is 0 Å². The number of hydrogen-bond acceptors (Lipinski definition) is 3. The minimum Gasteiger partial charge on any atom is -0.394 e. The van der Waals surface area contributed by atoms with Gasteiger partial charge in [0.15, 0.2) is 0 Å². The summed E-state index contributed by atoms with van der Waals surface area (Å²) in [4.78, 5) is 13.6. The monoisotopic (exact) mass is 230 g/mol. The number of carbonyl (C=O) groups excluding carboxylic acids is 1. The Balaban J connectivity index is 2.33. The summed E-state index contributed by atoms with van der Waals surface area (Å²) in [6.45, 7) is 4.06. The lowest BCUT2D eigenvalue weighted by Crippen LogP contribution is -2.50. The molecule has 16 heavy (non-hydrogen) atoms. The first kappa shape index (κ1) is 13.3. The second-order valence-corrected chi connectivity index (χ2v) is 4.45. The van der Waals surface area contributed by atoms with Crippen LogP contribution in [-0.4, -0.2) is 55.5 Å². The van der Waals surface area contributed by atoms with Gasteiger partial charge in [-0.3, -0.25) is 0 Å². The van der Waals surface area contributed by atoms with Crippen molar-refractivity contribution in [1.82, 2.24) is 10.2 Å². The first-order valence-corrected chi connectivity index (χ1v) is 5.82. The Labute approximate surface area is 96.8 Å². The van der Waals surface area contributed by atoms with E-state index in [0.717, 1.165) is 25.9 Å². The van der Waals surface area contributed by atoms with Gasteiger partial charge < -0.3 is 20.1 Å². The summed E-state index contributed by atoms with van der Waals surface area (Å²) >= 11 is 0. The highest BCUT2D eigenvalue weighted by Gasteiger charge is 2.21. The molecule has 1 heterocycles. The summed E-state index contributed by atoms with van der Waals surface area (Å²) in [7, 11) is 1.55. The number of ether oxygens (including phenoxy) is 1. The van der Waals surface area contributed by atoms with Gasteiger partial charge in [0.05, 0.1) is 19.3 Å². The predicted octanol–water partition coefficient (Wildman–Crippen LogP) is 0.435. The second kappa shape index (κ2) is 6.70. The summed E-state index contributed by atoms with van der Waals surface area (Å²) < 4.78 is 4.91. The SMILES string of the molecule is COCC(CO)NC(=O)N1CCC(C)CC1. The normalized spacial score (nSPS) is 19.6. The van der Waals surface area contributed by atoms with Gasteiger partial charge in [-0.1, -0.05) is 6.92 Å². The van der Waals surface area contributed by atoms with Crippen LogP contribution in [0.5, 0.6) is 0 Å². The molecule has 94 valence electrons. The maximum Gasteiger partial charge on any atom is 0.317 e. The number of nitrogens with one attached hydrogen (secondary N) is 1. The highest BCUT2D eigenvalue weighted by molar-refractivity contribution is 5.74. The lowest BCUT2D eigenvalue weighted by atomic mass is 10.00. The van der Waals surface area contributed by atoms with E-state index in [1.54, 1.807) is 12.0 Å². The van der Waals surface area contributed by atoms with Crippen LogP contribution in [0.25, 0.3) is 0 Å². The van der Waals surface area contributed by atoms with Crippen molar-refractivity contribution in [3.05, 3.63) is 0 Å². The quantitative estimate of drug-likeness (QED) is 0.736. The Morgan fingerprint density at radius 3 is 2.69 bits per heavy atom. The average Bonchev–Trinajstić information content (AvgIpc) is 2.29. The first-order chi connectivity index (χ1) is 7.67. The molecule has 0 bridgehead atoms. The standard InChI is InChI=1S/C11H22N2O3/c1-9-3-5-13(6-4-9)11(15)12-10(7-14)8-16-2/h9-10,14H,3-8H2,1-2H3,(H,12,15). The number of carbonyl (C=O) groups is 1. The van der Waals surface area contributed by atoms with Gasteiger partial charge in [0, 0.05) is 20.2 Å². The third-order valence-electron chi connectivity index (χ3n) is 2.99. The molecule has 5 nitrogen and oxygen atoms in total. The van der Waals surface area contributed by atoms with Crippen LogP contribution in [0, 0.1) is 5.92 Å². The Bertz CT molecular complexity index is 215. The number of methoxy groups -OCH3 is 1. The molecule has 1 rings (SSSR count). The van der Waals surface area contributed by atoms with E-state index >= 15 is 0 Å². The third kappa shape index (κ3) is 3.98. The van der Waals surface area contributed by atoms with Crippen molar-refractivity contribution in [2.24, 2.45) is 5.92 Å². The molecule has 2 amide bonds. The fraction of sp³-hybridized carbons (Fsp3) is 0.909. The highest BCUT2D eigenvalue weighted by atomic mass is 16.5. The van der Waals surface area contributed by atoms with Crippen molar-refractivity contribution < 1.29 is 14.6 Å². The van der Waals surface area contributed by atoms with E-state index in [9.17, 15) is 4.79 Å². The number of aliphatic hydroxyl groups excluding tert-OH is 1. The van der Waals surface area contributed by atoms with Crippen LogP contribution in [0.4, 0.5) is 4.79 Å². The minimum absolute atomic E-state index is 0.0934. The van der Waals surface area contributed by atoms with Crippen LogP contribution >= 0.6 is 0 Å². The fourth-order valence-electron chi connectivity index (χ4n) is 1.82. The van der Waals surface area contributed by atoms with E-state index in [-0.39, 0.29) is 18.7 Å². The summed E-state index contributed by atoms with van der Waals surface area (Å²) in [6.07, 6.45) is 2.11. The van der Waals surface area contributed by atoms with E-state index in [1.165, 1.54) is 0 Å². The van der Waals surface area contributed by atoms with Gasteiger partial charge in [0.2, 0.25) is 0 Å². The molecule has 0 aromatic heterocycles. The summed E-state index contributed by atoms with van der Waals surface area (Å²) in [5, 5.41) is 11.8. The summed E-state index contributed by atoms with van der Waals surface area (Å²) in [5.41, 5.74) is 0. The number of piperidine rings is 1. The molecular weight excluding hydrogens is 208 g/mol. The van der Waals surface area contributed by atoms with E-state index in [4.69, 9.17) is 9.84 Å². The average molecular weight is 230 g/mol. The molecule has 2 N–H and O–H groups in total. The minimum atomic E-state index is -0.308. The molecule has 0 aliphatic carbocycles. The lowest BCUT2D eigenvalue weighted by molar-refractivity contribution is 0.119. The van der Waals surface area contributed by atoms with Crippen LogP contribution in [0.1, 0.15) is 19.8 Å². The molecule has 5 heteroatoms. The Morgan fingerprint density at radius 2 is 2.19 bits per heavy atom. The Kier molecular flexibility index (Phi) is 5.55. The number of hydrogen-bond donors (Lipinski definition) is 2. The molecule has 0 spiro atoms. The van der Waals surface area contributed by atoms with Crippen LogP contribution in [-0.2, 0) is 4.74 Å². The van der Waals surface area contributed by atoms with Gasteiger partial charge in [0.25, 0.3) is 0 Å². The van der Waals surface area contributed by atoms with Gasteiger partial charge >= 0.3 is 6.03 Å². The first-order valence-electron chi connectivity index (χ1n) is 5.82. The number of nitrogens with zero attached hydrogens (tertiary/aromatic N) is 1. The maximum absolute atomic E-state index is 11.8. The van der Waals surface area contributed by atoms with Crippen molar-refractivity contribution in [2.75, 3.05) is 33.4 Å². The number of likely N-dealkylation sites (tertiary alicyclic amines) is 1. The van der Waals surface area contributed by atoms with Crippen molar-refractivity contribution in [2.45, 2.75) is 25.8 Å². The molecule has 1 fully saturated rings. The topological polar surface area (TPSA) is 61.8 Å². The van der Waals surface area contributed by atoms with Gasteiger partial charge in [-0.2, -0.15) is 0 Å². The number of urea groups is 1. The van der Waals surface area contributed by atoms with Gasteiger partial charge in [-0.15, -0.1) is 0 Å². The zero-order chi connectivity index (χ0) is 12.0. The molecule has 1 aliphatic rings. The molecule has 1 saturated heterocycles. The molecule has 1 atom stereocenters.